The highest BCUT2D eigenvalue weighted by atomic mass is 79.9. The summed E-state index contributed by atoms with van der Waals surface area (Å²) in [4.78, 5) is 21.8. The Morgan fingerprint density at radius 1 is 1.44 bits per heavy atom. The van der Waals surface area contributed by atoms with E-state index in [4.69, 9.17) is 9.73 Å². The van der Waals surface area contributed by atoms with Gasteiger partial charge in [-0.3, -0.25) is 4.99 Å². The van der Waals surface area contributed by atoms with Crippen molar-refractivity contribution in [3.63, 3.8) is 0 Å². The van der Waals surface area contributed by atoms with Crippen LogP contribution in [0, 0.1) is 12.7 Å². The third kappa shape index (κ3) is 4.11. The van der Waals surface area contributed by atoms with Crippen LogP contribution in [0.2, 0.25) is 0 Å². The second-order valence-electron chi connectivity index (χ2n) is 6.28. The lowest BCUT2D eigenvalue weighted by Gasteiger charge is -2.27. The molecule has 0 amide bonds. The quantitative estimate of drug-likeness (QED) is 0.544. The summed E-state index contributed by atoms with van der Waals surface area (Å²) in [5.74, 6) is -0.259. The molecule has 1 aliphatic rings. The average molecular weight is 452 g/mol. The van der Waals surface area contributed by atoms with E-state index in [9.17, 15) is 9.18 Å². The van der Waals surface area contributed by atoms with Crippen LogP contribution in [0.1, 0.15) is 36.0 Å². The maximum atomic E-state index is 14.2. The van der Waals surface area contributed by atoms with Crippen LogP contribution in [-0.2, 0) is 9.53 Å². The minimum absolute atomic E-state index is 0.278. The smallest absolute Gasteiger partial charge is 0.338 e. The number of aromatic nitrogens is 1. The van der Waals surface area contributed by atoms with Crippen molar-refractivity contribution in [2.45, 2.75) is 32.9 Å². The lowest BCUT2D eigenvalue weighted by atomic mass is 9.92. The standard InChI is InChI=1S/C19H19BrFN3O2S/c1-10(2)26-19(25)15-14(9-20)23-17(18-22-7-8-27-18)24-16(15)12-5-4-6-13(21)11(12)3/h4-8,10,16H,9H2,1-3H3,(H,23,24)/t16-/m0/s1. The molecule has 0 aliphatic carbocycles. The van der Waals surface area contributed by atoms with Gasteiger partial charge in [0.2, 0.25) is 0 Å². The molecule has 1 aromatic carbocycles. The number of halogens is 2. The fraction of sp³-hybridized carbons (Fsp3) is 0.316. The van der Waals surface area contributed by atoms with Crippen LogP contribution in [0.5, 0.6) is 0 Å². The van der Waals surface area contributed by atoms with Crippen molar-refractivity contribution in [2.75, 3.05) is 5.33 Å². The zero-order valence-electron chi connectivity index (χ0n) is 15.1. The van der Waals surface area contributed by atoms with E-state index in [1.54, 1.807) is 39.1 Å². The number of alkyl halides is 1. The highest BCUT2D eigenvalue weighted by molar-refractivity contribution is 9.09. The Hall–Kier alpha value is -2.06. The summed E-state index contributed by atoms with van der Waals surface area (Å²) in [6.07, 6.45) is 1.41. The van der Waals surface area contributed by atoms with Crippen molar-refractivity contribution in [1.82, 2.24) is 10.3 Å². The fourth-order valence-corrected chi connectivity index (χ4v) is 3.84. The largest absolute Gasteiger partial charge is 0.459 e. The molecule has 0 bridgehead atoms. The van der Waals surface area contributed by atoms with Gasteiger partial charge in [0.05, 0.1) is 11.7 Å². The molecule has 27 heavy (non-hydrogen) atoms. The van der Waals surface area contributed by atoms with Crippen molar-refractivity contribution >= 4 is 39.1 Å². The first-order valence-electron chi connectivity index (χ1n) is 8.42. The number of ether oxygens (including phenoxy) is 1. The van der Waals surface area contributed by atoms with Crippen LogP contribution >= 0.6 is 27.3 Å². The number of rotatable bonds is 5. The molecule has 2 heterocycles. The van der Waals surface area contributed by atoms with Crippen LogP contribution in [-0.4, -0.2) is 28.2 Å². The van der Waals surface area contributed by atoms with Gasteiger partial charge in [0.1, 0.15) is 11.9 Å². The molecule has 0 saturated carbocycles. The third-order valence-electron chi connectivity index (χ3n) is 4.06. The van der Waals surface area contributed by atoms with Gasteiger partial charge in [-0.05, 0) is 38.0 Å². The number of aliphatic imine (C=N–C) groups is 1. The Labute approximate surface area is 169 Å². The molecule has 8 heteroatoms. The number of esters is 1. The van der Waals surface area contributed by atoms with Gasteiger partial charge in [-0.2, -0.15) is 0 Å². The molecule has 0 spiro atoms. The molecule has 1 aromatic heterocycles. The highest BCUT2D eigenvalue weighted by Crippen LogP contribution is 2.35. The molecule has 1 atom stereocenters. The molecular formula is C19H19BrFN3O2S. The molecule has 0 fully saturated rings. The van der Waals surface area contributed by atoms with Crippen LogP contribution in [0.15, 0.2) is 46.0 Å². The summed E-state index contributed by atoms with van der Waals surface area (Å²) < 4.78 is 19.6. The number of benzene rings is 1. The number of nitrogens with zero attached hydrogens (tertiary/aromatic N) is 2. The molecule has 0 unspecified atom stereocenters. The minimum Gasteiger partial charge on any atom is -0.459 e. The van der Waals surface area contributed by atoms with Gasteiger partial charge in [0, 0.05) is 22.6 Å². The summed E-state index contributed by atoms with van der Waals surface area (Å²) >= 11 is 4.87. The Morgan fingerprint density at radius 3 is 2.85 bits per heavy atom. The van der Waals surface area contributed by atoms with Crippen molar-refractivity contribution in [2.24, 2.45) is 4.99 Å². The number of thiazole rings is 1. The van der Waals surface area contributed by atoms with Crippen LogP contribution < -0.4 is 5.32 Å². The number of nitrogens with one attached hydrogen (secondary N) is 1. The second kappa shape index (κ2) is 8.31. The summed E-state index contributed by atoms with van der Waals surface area (Å²) in [5, 5.41) is 6.12. The Kier molecular flexibility index (Phi) is 6.06. The van der Waals surface area contributed by atoms with Gasteiger partial charge in [-0.25, -0.2) is 14.2 Å². The Morgan fingerprint density at radius 2 is 2.22 bits per heavy atom. The van der Waals surface area contributed by atoms with Crippen LogP contribution in [0.4, 0.5) is 4.39 Å². The van der Waals surface area contributed by atoms with Crippen molar-refractivity contribution in [1.29, 1.82) is 0 Å². The zero-order valence-corrected chi connectivity index (χ0v) is 17.5. The average Bonchev–Trinajstić information content (AvgIpc) is 3.17. The van der Waals surface area contributed by atoms with E-state index in [1.165, 1.54) is 17.4 Å². The molecule has 1 aliphatic heterocycles. The SMILES string of the molecule is Cc1c(F)cccc1[C@@H]1N=C(c2nccs2)NC(CBr)=C1C(=O)OC(C)C. The summed E-state index contributed by atoms with van der Waals surface area (Å²) in [6.45, 7) is 5.26. The third-order valence-corrected chi connectivity index (χ3v) is 5.40. The molecular weight excluding hydrogens is 433 g/mol. The number of carbonyl (C=O) groups is 1. The molecule has 3 rings (SSSR count). The van der Waals surface area contributed by atoms with Gasteiger partial charge in [0.25, 0.3) is 0 Å². The van der Waals surface area contributed by atoms with Gasteiger partial charge < -0.3 is 10.1 Å². The van der Waals surface area contributed by atoms with Gasteiger partial charge in [0.15, 0.2) is 10.8 Å². The van der Waals surface area contributed by atoms with E-state index in [0.29, 0.717) is 38.6 Å². The summed E-state index contributed by atoms with van der Waals surface area (Å²) in [5.41, 5.74) is 2.08. The van der Waals surface area contributed by atoms with Crippen molar-refractivity contribution in [3.05, 3.63) is 63.0 Å². The molecule has 2 aromatic rings. The van der Waals surface area contributed by atoms with E-state index in [0.717, 1.165) is 0 Å². The number of hydrogen-bond acceptors (Lipinski definition) is 6. The summed E-state index contributed by atoms with van der Waals surface area (Å²) in [6, 6.07) is 4.12. The molecule has 142 valence electrons. The van der Waals surface area contributed by atoms with E-state index in [1.807, 2.05) is 5.38 Å². The molecule has 0 saturated heterocycles. The van der Waals surface area contributed by atoms with Crippen molar-refractivity contribution in [3.8, 4) is 0 Å². The maximum Gasteiger partial charge on any atom is 0.338 e. The van der Waals surface area contributed by atoms with Gasteiger partial charge in [-0.1, -0.05) is 28.1 Å². The number of hydrogen-bond donors (Lipinski definition) is 1. The van der Waals surface area contributed by atoms with E-state index >= 15 is 0 Å². The fourth-order valence-electron chi connectivity index (χ4n) is 2.81. The lowest BCUT2D eigenvalue weighted by Crippen LogP contribution is -2.35. The van der Waals surface area contributed by atoms with Crippen LogP contribution in [0.3, 0.4) is 0 Å². The first-order chi connectivity index (χ1) is 12.9. The predicted octanol–water partition coefficient (Wildman–Crippen LogP) is 4.28. The minimum atomic E-state index is -0.681. The van der Waals surface area contributed by atoms with Crippen LogP contribution in [0.25, 0.3) is 0 Å². The monoisotopic (exact) mass is 451 g/mol. The second-order valence-corrected chi connectivity index (χ2v) is 7.73. The number of carbonyl (C=O) groups excluding carboxylic acids is 1. The van der Waals surface area contributed by atoms with Gasteiger partial charge >= 0.3 is 5.97 Å². The lowest BCUT2D eigenvalue weighted by molar-refractivity contribution is -0.143. The molecule has 1 N–H and O–H groups in total. The number of allylic oxidation sites excluding steroid dienone is 1. The van der Waals surface area contributed by atoms with E-state index < -0.39 is 12.0 Å². The maximum absolute atomic E-state index is 14.2. The topological polar surface area (TPSA) is 63.6 Å². The highest BCUT2D eigenvalue weighted by Gasteiger charge is 2.34. The normalized spacial score (nSPS) is 17.0. The Balaban J connectivity index is 2.16. The van der Waals surface area contributed by atoms with E-state index in [2.05, 4.69) is 26.2 Å². The van der Waals surface area contributed by atoms with Crippen molar-refractivity contribution < 1.29 is 13.9 Å². The molecule has 5 nitrogen and oxygen atoms in total. The first-order valence-corrected chi connectivity index (χ1v) is 10.4. The Bertz CT molecular complexity index is 910. The predicted molar refractivity (Wildman–Crippen MR) is 108 cm³/mol. The first kappa shape index (κ1) is 19.7. The number of amidine groups is 1. The summed E-state index contributed by atoms with van der Waals surface area (Å²) in [7, 11) is 0. The van der Waals surface area contributed by atoms with E-state index in [-0.39, 0.29) is 11.9 Å². The van der Waals surface area contributed by atoms with Gasteiger partial charge in [-0.15, -0.1) is 11.3 Å². The zero-order chi connectivity index (χ0) is 19.6. The molecule has 0 radical (unpaired) electrons.